The molecule has 0 radical (unpaired) electrons. The largest absolute Gasteiger partial charge is 0.465 e. The number of ether oxygens (including phenoxy) is 5. The van der Waals surface area contributed by atoms with Crippen LogP contribution >= 0.6 is 12.4 Å². The van der Waals surface area contributed by atoms with Crippen molar-refractivity contribution >= 4 is 53.7 Å². The zero-order valence-corrected chi connectivity index (χ0v) is 39.3. The Hall–Kier alpha value is -7.46. The van der Waals surface area contributed by atoms with Crippen LogP contribution in [0, 0.1) is 28.7 Å². The Balaban J connectivity index is 0.000000601. The van der Waals surface area contributed by atoms with Crippen molar-refractivity contribution in [3.63, 3.8) is 0 Å². The number of nitrogens with zero attached hydrogens (tertiary/aromatic N) is 8. The normalized spacial score (nSPS) is 14.8. The van der Waals surface area contributed by atoms with Crippen molar-refractivity contribution in [3.05, 3.63) is 34.8 Å². The average molecular weight is 1110 g/mol. The van der Waals surface area contributed by atoms with Gasteiger partial charge < -0.3 is 40.5 Å². The molecule has 1 aliphatic rings. The first-order chi connectivity index (χ1) is 33.5. The molecule has 4 heterocycles. The Labute approximate surface area is 413 Å². The van der Waals surface area contributed by atoms with Crippen LogP contribution in [0.15, 0.2) is 12.1 Å². The summed E-state index contributed by atoms with van der Waals surface area (Å²) in [5.41, 5.74) is 6.21. The van der Waals surface area contributed by atoms with Crippen LogP contribution in [-0.2, 0) is 51.9 Å². The number of nitrogens with one attached hydrogen (secondary N) is 2. The van der Waals surface area contributed by atoms with Gasteiger partial charge in [-0.25, -0.2) is 25.9 Å². The Bertz CT molecular complexity index is 2530. The predicted octanol–water partition coefficient (Wildman–Crippen LogP) is 6.59. The molecular formula is C38H41ClF14N12O9. The quantitative estimate of drug-likeness (QED) is 0.0187. The molecule has 1 amide bonds. The Morgan fingerprint density at radius 2 is 1.28 bits per heavy atom. The number of aryl methyl sites for hydroxylation is 2. The number of halogens is 15. The van der Waals surface area contributed by atoms with Gasteiger partial charge in [-0.1, -0.05) is 0 Å². The van der Waals surface area contributed by atoms with E-state index in [1.807, 2.05) is 0 Å². The molecule has 1 aliphatic heterocycles. The molecule has 21 nitrogen and oxygen atoms in total. The zero-order valence-electron chi connectivity index (χ0n) is 38.4. The number of anilines is 2. The highest BCUT2D eigenvalue weighted by molar-refractivity contribution is 6.19. The van der Waals surface area contributed by atoms with Gasteiger partial charge in [-0.05, 0) is 34.6 Å². The second-order valence-electron chi connectivity index (χ2n) is 14.5. The number of aromatic nitrogens is 6. The van der Waals surface area contributed by atoms with E-state index < -0.39 is 139 Å². The number of nitrogens with two attached hydrogens (primary N) is 2. The molecule has 0 saturated heterocycles. The van der Waals surface area contributed by atoms with E-state index in [9.17, 15) is 80.6 Å². The van der Waals surface area contributed by atoms with Gasteiger partial charge in [0.1, 0.15) is 28.9 Å². The minimum absolute atomic E-state index is 0. The van der Waals surface area contributed by atoms with Gasteiger partial charge >= 0.3 is 61.4 Å². The standard InChI is InChI=1S/C18H17F7N6O4.C11H14N2O4.C9H9F7N4O.ClH/c1-3-34-14(33)16(2)9-10(26)27-11(28-12(9)29-13(16)32)7-6-8(35-15(19)20)31(30-7)5-4-17(21,22)18(23,24)25;1-5-16-9(14)11(3,8(7-12)13-4)10(15)17-6-2;10-7(11)21-5-3-4(6(17)18)19-20(5)2-1-8(12,13)9(14,15)16;/h6,15H,3-5H2,1-2H3,(H3,26,27,28,29,32);8H,5-6H2,1-3H3;3,7H,1-2H2,(H3,17,18);1H. The van der Waals surface area contributed by atoms with Gasteiger partial charge in [0, 0.05) is 25.0 Å². The number of fused-ring (bicyclic) bond motifs is 1. The lowest BCUT2D eigenvalue weighted by molar-refractivity contribution is -0.285. The fourth-order valence-corrected chi connectivity index (χ4v) is 5.66. The van der Waals surface area contributed by atoms with E-state index in [0.717, 1.165) is 12.1 Å². The fourth-order valence-electron chi connectivity index (χ4n) is 5.66. The highest BCUT2D eigenvalue weighted by Crippen LogP contribution is 2.43. The molecule has 0 aromatic carbocycles. The summed E-state index contributed by atoms with van der Waals surface area (Å²) in [5.74, 6) is -17.1. The monoisotopic (exact) mass is 1110 g/mol. The third kappa shape index (κ3) is 15.1. The number of hydrogen-bond acceptors (Lipinski definition) is 16. The number of amides is 1. The SMILES string of the molecule is CCOC(=O)C1(C)C(=O)Nc2nc(-c3cc(OC(F)F)n(CCC(F)(F)C(F)(F)F)n3)nc(N)c21.Cl.N=C(N)c1cc(OC(F)F)n(CCC(F)(F)C(F)(F)F)n1.[C-]#[N+]C(C#N)C(C)(C(=O)OCC)C(=O)OCC. The summed E-state index contributed by atoms with van der Waals surface area (Å²) in [6.07, 6.45) is -15.2. The zero-order chi connectivity index (χ0) is 56.2. The molecule has 0 spiro atoms. The molecule has 3 aromatic rings. The van der Waals surface area contributed by atoms with Gasteiger partial charge in [0.25, 0.3) is 0 Å². The van der Waals surface area contributed by atoms with Crippen molar-refractivity contribution in [2.75, 3.05) is 30.9 Å². The average Bonchev–Trinajstić information content (AvgIpc) is 3.95. The first-order valence-corrected chi connectivity index (χ1v) is 20.1. The van der Waals surface area contributed by atoms with Gasteiger partial charge in [-0.2, -0.15) is 76.9 Å². The minimum Gasteiger partial charge on any atom is -0.465 e. The number of esters is 3. The van der Waals surface area contributed by atoms with Crippen molar-refractivity contribution in [2.24, 2.45) is 11.1 Å². The van der Waals surface area contributed by atoms with E-state index in [0.29, 0.717) is 9.36 Å². The van der Waals surface area contributed by atoms with E-state index in [2.05, 4.69) is 39.8 Å². The highest BCUT2D eigenvalue weighted by Gasteiger charge is 2.59. The van der Waals surface area contributed by atoms with Gasteiger partial charge in [-0.3, -0.25) is 29.4 Å². The third-order valence-corrected chi connectivity index (χ3v) is 9.52. The number of nitrogen functional groups attached to an aromatic ring is 2. The fraction of sp³-hybridized carbons (Fsp3) is 0.553. The van der Waals surface area contributed by atoms with Crippen LogP contribution in [0.1, 0.15) is 58.7 Å². The molecule has 74 heavy (non-hydrogen) atoms. The summed E-state index contributed by atoms with van der Waals surface area (Å²) in [4.78, 5) is 59.2. The van der Waals surface area contributed by atoms with E-state index in [1.54, 1.807) is 19.9 Å². The van der Waals surface area contributed by atoms with Gasteiger partial charge in [0.2, 0.25) is 23.1 Å². The van der Waals surface area contributed by atoms with Crippen LogP contribution < -0.4 is 26.3 Å². The molecule has 36 heteroatoms. The van der Waals surface area contributed by atoms with Crippen LogP contribution in [0.2, 0.25) is 0 Å². The van der Waals surface area contributed by atoms with E-state index in [-0.39, 0.29) is 49.3 Å². The molecule has 2 atom stereocenters. The molecule has 0 bridgehead atoms. The maximum absolute atomic E-state index is 13.3. The number of hydrogen-bond donors (Lipinski definition) is 4. The first-order valence-electron chi connectivity index (χ1n) is 20.1. The van der Waals surface area contributed by atoms with Gasteiger partial charge in [0.05, 0.1) is 38.5 Å². The van der Waals surface area contributed by atoms with Crippen LogP contribution in [0.25, 0.3) is 16.4 Å². The Morgan fingerprint density at radius 3 is 1.68 bits per heavy atom. The van der Waals surface area contributed by atoms with Gasteiger partial charge in [-0.15, -0.1) is 12.4 Å². The molecule has 2 unspecified atom stereocenters. The van der Waals surface area contributed by atoms with Crippen molar-refractivity contribution in [1.82, 2.24) is 29.5 Å². The second-order valence-corrected chi connectivity index (χ2v) is 14.5. The summed E-state index contributed by atoms with van der Waals surface area (Å²) in [6, 6.07) is 1.66. The predicted molar refractivity (Wildman–Crippen MR) is 223 cm³/mol. The van der Waals surface area contributed by atoms with Crippen LogP contribution in [0.5, 0.6) is 11.8 Å². The minimum atomic E-state index is -5.87. The van der Waals surface area contributed by atoms with Crippen molar-refractivity contribution < 1.29 is 104 Å². The number of nitriles is 1. The van der Waals surface area contributed by atoms with E-state index in [1.165, 1.54) is 20.8 Å². The maximum Gasteiger partial charge on any atom is 0.453 e. The number of alkyl halides is 14. The topological polar surface area (TPSA) is 292 Å². The Kier molecular flexibility index (Phi) is 22.2. The Morgan fingerprint density at radius 1 is 0.838 bits per heavy atom. The molecular weight excluding hydrogens is 1070 g/mol. The summed E-state index contributed by atoms with van der Waals surface area (Å²) in [6.45, 7) is 4.97. The lowest BCUT2D eigenvalue weighted by Gasteiger charge is -2.22. The second kappa shape index (κ2) is 25.5. The van der Waals surface area contributed by atoms with Crippen molar-refractivity contribution in [1.29, 1.82) is 10.7 Å². The molecule has 412 valence electrons. The molecule has 4 rings (SSSR count). The molecule has 0 saturated carbocycles. The van der Waals surface area contributed by atoms with Crippen LogP contribution in [-0.4, -0.2) is 122 Å². The number of amidine groups is 1. The molecule has 3 aromatic heterocycles. The van der Waals surface area contributed by atoms with E-state index in [4.69, 9.17) is 42.9 Å². The lowest BCUT2D eigenvalue weighted by atomic mass is 9.83. The lowest BCUT2D eigenvalue weighted by Crippen LogP contribution is -2.46. The number of rotatable bonds is 19. The van der Waals surface area contributed by atoms with E-state index >= 15 is 0 Å². The number of carbonyl (C=O) groups is 4. The van der Waals surface area contributed by atoms with Crippen molar-refractivity contribution in [2.45, 2.75) is 109 Å². The summed E-state index contributed by atoms with van der Waals surface area (Å²) < 4.78 is 198. The van der Waals surface area contributed by atoms with Gasteiger partial charge in [0.15, 0.2) is 17.3 Å². The maximum atomic E-state index is 13.3. The van der Waals surface area contributed by atoms with Crippen LogP contribution in [0.4, 0.5) is 73.1 Å². The first kappa shape index (κ1) is 64.6. The summed E-state index contributed by atoms with van der Waals surface area (Å²) in [5, 5.41) is 25.2. The highest BCUT2D eigenvalue weighted by atomic mass is 35.5. The molecule has 6 N–H and O–H groups in total. The summed E-state index contributed by atoms with van der Waals surface area (Å²) in [7, 11) is 0. The molecule has 0 fully saturated rings. The summed E-state index contributed by atoms with van der Waals surface area (Å²) >= 11 is 0. The smallest absolute Gasteiger partial charge is 0.453 e. The van der Waals surface area contributed by atoms with Crippen LogP contribution in [0.3, 0.4) is 0 Å². The van der Waals surface area contributed by atoms with Crippen molar-refractivity contribution in [3.8, 4) is 29.3 Å². The number of carbonyl (C=O) groups excluding carboxylic acids is 4. The third-order valence-electron chi connectivity index (χ3n) is 9.52. The molecule has 0 aliphatic carbocycles.